The van der Waals surface area contributed by atoms with Crippen molar-refractivity contribution >= 4 is 16.3 Å². The summed E-state index contributed by atoms with van der Waals surface area (Å²) in [7, 11) is 0. The second-order valence-electron chi connectivity index (χ2n) is 5.31. The topological polar surface area (TPSA) is 50.4 Å². The van der Waals surface area contributed by atoms with Crippen LogP contribution in [0.5, 0.6) is 0 Å². The van der Waals surface area contributed by atoms with Crippen LogP contribution in [0.15, 0.2) is 24.3 Å². The highest BCUT2D eigenvalue weighted by Crippen LogP contribution is 2.28. The molecule has 0 saturated carbocycles. The smallest absolute Gasteiger partial charge is 0.213 e. The molecule has 0 spiro atoms. The maximum Gasteiger partial charge on any atom is 0.213 e. The Morgan fingerprint density at radius 1 is 1.29 bits per heavy atom. The molecular weight excluding hydrogens is 282 g/mol. The van der Waals surface area contributed by atoms with Crippen LogP contribution in [0, 0.1) is 6.92 Å². The van der Waals surface area contributed by atoms with Crippen LogP contribution in [-0.4, -0.2) is 19.7 Å². The summed E-state index contributed by atoms with van der Waals surface area (Å²) in [4.78, 5) is 5.46. The number of aliphatic hydroxyl groups is 1. The molecule has 0 radical (unpaired) electrons. The number of nitrogens with zero attached hydrogens (tertiary/aromatic N) is 3. The molecule has 3 rings (SSSR count). The molecule has 0 aliphatic heterocycles. The number of fused-ring (bicyclic) bond motifs is 1. The Bertz CT molecular complexity index is 758. The van der Waals surface area contributed by atoms with Gasteiger partial charge in [0.15, 0.2) is 0 Å². The number of rotatable bonds is 4. The molecule has 2 aromatic heterocycles. The van der Waals surface area contributed by atoms with Crippen LogP contribution in [0.4, 0.5) is 0 Å². The molecule has 0 bridgehead atoms. The number of aryl methyl sites for hydroxylation is 1. The SMILES string of the molecule is CCC(C)c1ccc(-c2nc3sc(C)nn3c2CO)cc1. The third kappa shape index (κ3) is 2.47. The molecule has 1 unspecified atom stereocenters. The van der Waals surface area contributed by atoms with Crippen molar-refractivity contribution in [3.63, 3.8) is 0 Å². The van der Waals surface area contributed by atoms with Gasteiger partial charge in [-0.3, -0.25) is 0 Å². The van der Waals surface area contributed by atoms with E-state index in [-0.39, 0.29) is 6.61 Å². The number of hydrogen-bond donors (Lipinski definition) is 1. The van der Waals surface area contributed by atoms with Crippen LogP contribution in [0.1, 0.15) is 42.5 Å². The van der Waals surface area contributed by atoms with E-state index in [0.29, 0.717) is 5.92 Å². The maximum atomic E-state index is 9.66. The number of aromatic nitrogens is 3. The molecule has 3 aromatic rings. The van der Waals surface area contributed by atoms with Crippen LogP contribution < -0.4 is 0 Å². The molecule has 0 saturated heterocycles. The number of aliphatic hydroxyl groups excluding tert-OH is 1. The molecule has 1 atom stereocenters. The van der Waals surface area contributed by atoms with Crippen molar-refractivity contribution in [2.24, 2.45) is 0 Å². The lowest BCUT2D eigenvalue weighted by atomic mass is 9.97. The standard InChI is InChI=1S/C16H19N3OS/c1-4-10(2)12-5-7-13(8-6-12)15-14(9-20)19-16(17-15)21-11(3)18-19/h5-8,10,20H,4,9H2,1-3H3. The second kappa shape index (κ2) is 5.58. The van der Waals surface area contributed by atoms with Crippen LogP contribution in [0.3, 0.4) is 0 Å². The van der Waals surface area contributed by atoms with E-state index in [4.69, 9.17) is 0 Å². The van der Waals surface area contributed by atoms with E-state index < -0.39 is 0 Å². The molecule has 4 nitrogen and oxygen atoms in total. The molecule has 1 N–H and O–H groups in total. The average Bonchev–Trinajstić information content (AvgIpc) is 3.02. The van der Waals surface area contributed by atoms with Gasteiger partial charge in [0.2, 0.25) is 4.96 Å². The molecule has 0 amide bonds. The lowest BCUT2D eigenvalue weighted by Crippen LogP contribution is -1.96. The predicted molar refractivity (Wildman–Crippen MR) is 85.7 cm³/mol. The van der Waals surface area contributed by atoms with Crippen molar-refractivity contribution < 1.29 is 5.11 Å². The Balaban J connectivity index is 2.05. The summed E-state index contributed by atoms with van der Waals surface area (Å²) in [6.07, 6.45) is 1.13. The number of benzene rings is 1. The molecular formula is C16H19N3OS. The van der Waals surface area contributed by atoms with Crippen LogP contribution >= 0.6 is 11.3 Å². The summed E-state index contributed by atoms with van der Waals surface area (Å²) in [5.41, 5.74) is 3.95. The van der Waals surface area contributed by atoms with Gasteiger partial charge in [0, 0.05) is 5.56 Å². The maximum absolute atomic E-state index is 9.66. The third-order valence-corrected chi connectivity index (χ3v) is 4.74. The van der Waals surface area contributed by atoms with Gasteiger partial charge in [0.05, 0.1) is 18.0 Å². The van der Waals surface area contributed by atoms with E-state index in [0.717, 1.165) is 33.3 Å². The Morgan fingerprint density at radius 2 is 2.00 bits per heavy atom. The average molecular weight is 301 g/mol. The monoisotopic (exact) mass is 301 g/mol. The highest BCUT2D eigenvalue weighted by Gasteiger charge is 2.16. The van der Waals surface area contributed by atoms with Gasteiger partial charge < -0.3 is 5.11 Å². The van der Waals surface area contributed by atoms with Gasteiger partial charge in [-0.05, 0) is 24.8 Å². The van der Waals surface area contributed by atoms with E-state index in [1.807, 2.05) is 6.92 Å². The van der Waals surface area contributed by atoms with Crippen molar-refractivity contribution in [3.05, 3.63) is 40.5 Å². The summed E-state index contributed by atoms with van der Waals surface area (Å²) < 4.78 is 1.75. The molecule has 5 heteroatoms. The predicted octanol–water partition coefficient (Wildman–Crippen LogP) is 3.77. The molecule has 1 aromatic carbocycles. The van der Waals surface area contributed by atoms with Gasteiger partial charge in [0.1, 0.15) is 5.01 Å². The van der Waals surface area contributed by atoms with Gasteiger partial charge in [-0.15, -0.1) is 0 Å². The first-order chi connectivity index (χ1) is 10.1. The van der Waals surface area contributed by atoms with Crippen molar-refractivity contribution in [2.75, 3.05) is 0 Å². The molecule has 110 valence electrons. The third-order valence-electron chi connectivity index (χ3n) is 3.91. The van der Waals surface area contributed by atoms with Gasteiger partial charge in [-0.1, -0.05) is 49.4 Å². The summed E-state index contributed by atoms with van der Waals surface area (Å²) in [6, 6.07) is 8.47. The van der Waals surface area contributed by atoms with E-state index in [9.17, 15) is 5.11 Å². The van der Waals surface area contributed by atoms with Crippen molar-refractivity contribution in [3.8, 4) is 11.3 Å². The zero-order chi connectivity index (χ0) is 15.0. The lowest BCUT2D eigenvalue weighted by molar-refractivity contribution is 0.275. The molecule has 2 heterocycles. The van der Waals surface area contributed by atoms with Crippen LogP contribution in [-0.2, 0) is 6.61 Å². The largest absolute Gasteiger partial charge is 0.390 e. The summed E-state index contributed by atoms with van der Waals surface area (Å²) in [5.74, 6) is 0.561. The van der Waals surface area contributed by atoms with E-state index >= 15 is 0 Å². The summed E-state index contributed by atoms with van der Waals surface area (Å²) in [5, 5.41) is 15.0. The van der Waals surface area contributed by atoms with Crippen molar-refractivity contribution in [1.82, 2.24) is 14.6 Å². The Labute approximate surface area is 128 Å². The van der Waals surface area contributed by atoms with Gasteiger partial charge in [-0.25, -0.2) is 9.50 Å². The van der Waals surface area contributed by atoms with Crippen LogP contribution in [0.2, 0.25) is 0 Å². The first-order valence-electron chi connectivity index (χ1n) is 7.20. The minimum Gasteiger partial charge on any atom is -0.390 e. The van der Waals surface area contributed by atoms with Crippen molar-refractivity contribution in [2.45, 2.75) is 39.7 Å². The van der Waals surface area contributed by atoms with E-state index in [2.05, 4.69) is 48.2 Å². The highest BCUT2D eigenvalue weighted by molar-refractivity contribution is 7.16. The zero-order valence-corrected chi connectivity index (χ0v) is 13.3. The fourth-order valence-corrected chi connectivity index (χ4v) is 3.23. The van der Waals surface area contributed by atoms with E-state index in [1.165, 1.54) is 16.9 Å². The summed E-state index contributed by atoms with van der Waals surface area (Å²) in [6.45, 7) is 6.31. The van der Waals surface area contributed by atoms with E-state index in [1.54, 1.807) is 4.52 Å². The second-order valence-corrected chi connectivity index (χ2v) is 6.47. The molecule has 0 aliphatic carbocycles. The fourth-order valence-electron chi connectivity index (χ4n) is 2.46. The highest BCUT2D eigenvalue weighted by atomic mass is 32.1. The minimum atomic E-state index is -0.0627. The zero-order valence-electron chi connectivity index (χ0n) is 12.5. The number of imidazole rings is 1. The van der Waals surface area contributed by atoms with Gasteiger partial charge >= 0.3 is 0 Å². The molecule has 0 aliphatic rings. The Morgan fingerprint density at radius 3 is 2.62 bits per heavy atom. The number of hydrogen-bond acceptors (Lipinski definition) is 4. The Hall–Kier alpha value is -1.72. The normalized spacial score (nSPS) is 13.0. The van der Waals surface area contributed by atoms with Crippen LogP contribution in [0.25, 0.3) is 16.2 Å². The minimum absolute atomic E-state index is 0.0627. The quantitative estimate of drug-likeness (QED) is 0.798. The Kier molecular flexibility index (Phi) is 3.78. The van der Waals surface area contributed by atoms with Gasteiger partial charge in [0.25, 0.3) is 0 Å². The fraction of sp³-hybridized carbons (Fsp3) is 0.375. The van der Waals surface area contributed by atoms with Crippen molar-refractivity contribution in [1.29, 1.82) is 0 Å². The van der Waals surface area contributed by atoms with Gasteiger partial charge in [-0.2, -0.15) is 5.10 Å². The summed E-state index contributed by atoms with van der Waals surface area (Å²) >= 11 is 1.54. The first-order valence-corrected chi connectivity index (χ1v) is 8.02. The molecule has 21 heavy (non-hydrogen) atoms. The lowest BCUT2D eigenvalue weighted by Gasteiger charge is -2.09. The first kappa shape index (κ1) is 14.2. The molecule has 0 fully saturated rings.